The standard InChI is InChI=1S/C14H19N5S/c1-10-13(17-11(2)20-10)12-4-6-16-14(18-12)19-8-3-5-15-7-9-19/h4,6,15H,3,5,7-9H2,1-2H3. The van der Waals surface area contributed by atoms with Crippen LogP contribution in [-0.4, -0.2) is 41.1 Å². The van der Waals surface area contributed by atoms with Gasteiger partial charge in [-0.3, -0.25) is 0 Å². The van der Waals surface area contributed by atoms with Gasteiger partial charge in [-0.1, -0.05) is 0 Å². The predicted octanol–water partition coefficient (Wildman–Crippen LogP) is 2.02. The van der Waals surface area contributed by atoms with Crippen molar-refractivity contribution in [3.63, 3.8) is 0 Å². The molecule has 6 heteroatoms. The van der Waals surface area contributed by atoms with E-state index in [1.807, 2.05) is 19.2 Å². The average molecular weight is 289 g/mol. The van der Waals surface area contributed by atoms with E-state index in [0.29, 0.717) is 0 Å². The molecule has 3 heterocycles. The topological polar surface area (TPSA) is 53.9 Å². The van der Waals surface area contributed by atoms with Gasteiger partial charge in [-0.05, 0) is 32.9 Å². The third-order valence-electron chi connectivity index (χ3n) is 3.41. The second-order valence-electron chi connectivity index (χ2n) is 4.97. The molecule has 0 spiro atoms. The van der Waals surface area contributed by atoms with Gasteiger partial charge in [0.05, 0.1) is 10.7 Å². The summed E-state index contributed by atoms with van der Waals surface area (Å²) < 4.78 is 0. The summed E-state index contributed by atoms with van der Waals surface area (Å²) in [6.45, 7) is 8.15. The second kappa shape index (κ2) is 5.85. The Labute approximate surface area is 123 Å². The highest BCUT2D eigenvalue weighted by Gasteiger charge is 2.15. The zero-order chi connectivity index (χ0) is 13.9. The van der Waals surface area contributed by atoms with Crippen LogP contribution in [0, 0.1) is 13.8 Å². The first kappa shape index (κ1) is 13.5. The molecule has 2 aromatic heterocycles. The lowest BCUT2D eigenvalue weighted by Gasteiger charge is -2.19. The number of rotatable bonds is 2. The minimum absolute atomic E-state index is 0.816. The Kier molecular flexibility index (Phi) is 3.93. The first-order chi connectivity index (χ1) is 9.74. The molecule has 0 aromatic carbocycles. The van der Waals surface area contributed by atoms with Crippen molar-refractivity contribution in [2.75, 3.05) is 31.1 Å². The van der Waals surface area contributed by atoms with E-state index in [-0.39, 0.29) is 0 Å². The molecule has 3 rings (SSSR count). The SMILES string of the molecule is Cc1nc(-c2ccnc(N3CCCNCC3)n2)c(C)s1. The van der Waals surface area contributed by atoms with Gasteiger partial charge in [0.25, 0.3) is 0 Å². The van der Waals surface area contributed by atoms with Crippen LogP contribution in [0.3, 0.4) is 0 Å². The molecule has 0 unspecified atom stereocenters. The van der Waals surface area contributed by atoms with Crippen molar-refractivity contribution >= 4 is 17.3 Å². The number of hydrogen-bond acceptors (Lipinski definition) is 6. The van der Waals surface area contributed by atoms with Crippen molar-refractivity contribution in [1.82, 2.24) is 20.3 Å². The Bertz CT molecular complexity index is 587. The number of aryl methyl sites for hydroxylation is 2. The summed E-state index contributed by atoms with van der Waals surface area (Å²) in [6.07, 6.45) is 2.96. The summed E-state index contributed by atoms with van der Waals surface area (Å²) in [5.74, 6) is 0.816. The Morgan fingerprint density at radius 1 is 1.20 bits per heavy atom. The fraction of sp³-hybridized carbons (Fsp3) is 0.500. The van der Waals surface area contributed by atoms with Gasteiger partial charge >= 0.3 is 0 Å². The number of nitrogens with zero attached hydrogens (tertiary/aromatic N) is 4. The smallest absolute Gasteiger partial charge is 0.225 e. The van der Waals surface area contributed by atoms with E-state index >= 15 is 0 Å². The summed E-state index contributed by atoms with van der Waals surface area (Å²) in [6, 6.07) is 1.95. The second-order valence-corrected chi connectivity index (χ2v) is 6.38. The molecule has 1 N–H and O–H groups in total. The quantitative estimate of drug-likeness (QED) is 0.916. The molecule has 5 nitrogen and oxygen atoms in total. The van der Waals surface area contributed by atoms with Crippen LogP contribution in [-0.2, 0) is 0 Å². The maximum atomic E-state index is 4.71. The summed E-state index contributed by atoms with van der Waals surface area (Å²) >= 11 is 1.71. The van der Waals surface area contributed by atoms with Crippen molar-refractivity contribution < 1.29 is 0 Å². The van der Waals surface area contributed by atoms with Crippen molar-refractivity contribution in [2.24, 2.45) is 0 Å². The molecule has 0 amide bonds. The maximum absolute atomic E-state index is 4.71. The third kappa shape index (κ3) is 2.81. The lowest BCUT2D eigenvalue weighted by molar-refractivity contribution is 0.724. The number of nitrogens with one attached hydrogen (secondary N) is 1. The molecule has 0 bridgehead atoms. The fourth-order valence-corrected chi connectivity index (χ4v) is 3.27. The van der Waals surface area contributed by atoms with Crippen LogP contribution in [0.25, 0.3) is 11.4 Å². The van der Waals surface area contributed by atoms with Gasteiger partial charge in [0, 0.05) is 30.7 Å². The van der Waals surface area contributed by atoms with Crippen LogP contribution < -0.4 is 10.2 Å². The Balaban J connectivity index is 1.90. The maximum Gasteiger partial charge on any atom is 0.225 e. The highest BCUT2D eigenvalue weighted by atomic mass is 32.1. The van der Waals surface area contributed by atoms with Gasteiger partial charge in [0.15, 0.2) is 0 Å². The van der Waals surface area contributed by atoms with Crippen LogP contribution >= 0.6 is 11.3 Å². The Hall–Kier alpha value is -1.53. The lowest BCUT2D eigenvalue weighted by atomic mass is 10.3. The Morgan fingerprint density at radius 2 is 2.10 bits per heavy atom. The number of thiazole rings is 1. The molecule has 0 radical (unpaired) electrons. The van der Waals surface area contributed by atoms with Crippen molar-refractivity contribution in [2.45, 2.75) is 20.3 Å². The van der Waals surface area contributed by atoms with Gasteiger partial charge in [-0.2, -0.15) is 0 Å². The molecule has 1 fully saturated rings. The van der Waals surface area contributed by atoms with Gasteiger partial charge in [-0.15, -0.1) is 11.3 Å². The third-order valence-corrected chi connectivity index (χ3v) is 4.30. The predicted molar refractivity (Wildman–Crippen MR) is 82.3 cm³/mol. The van der Waals surface area contributed by atoms with Gasteiger partial charge < -0.3 is 10.2 Å². The minimum Gasteiger partial charge on any atom is -0.339 e. The van der Waals surface area contributed by atoms with Crippen LogP contribution in [0.15, 0.2) is 12.3 Å². The first-order valence-corrected chi connectivity index (χ1v) is 7.79. The van der Waals surface area contributed by atoms with E-state index < -0.39 is 0 Å². The molecule has 0 aliphatic carbocycles. The largest absolute Gasteiger partial charge is 0.339 e. The van der Waals surface area contributed by atoms with E-state index in [0.717, 1.165) is 54.9 Å². The normalized spacial score (nSPS) is 16.2. The molecule has 1 aliphatic rings. The van der Waals surface area contributed by atoms with Crippen molar-refractivity contribution in [1.29, 1.82) is 0 Å². The van der Waals surface area contributed by atoms with E-state index in [1.54, 1.807) is 11.3 Å². The summed E-state index contributed by atoms with van der Waals surface area (Å²) in [4.78, 5) is 17.2. The molecule has 106 valence electrons. The first-order valence-electron chi connectivity index (χ1n) is 6.97. The fourth-order valence-electron chi connectivity index (χ4n) is 2.44. The van der Waals surface area contributed by atoms with E-state index in [9.17, 15) is 0 Å². The average Bonchev–Trinajstić information content (AvgIpc) is 2.68. The molecule has 0 saturated carbocycles. The molecule has 2 aromatic rings. The van der Waals surface area contributed by atoms with Crippen LogP contribution in [0.1, 0.15) is 16.3 Å². The van der Waals surface area contributed by atoms with E-state index in [2.05, 4.69) is 27.1 Å². The highest BCUT2D eigenvalue weighted by molar-refractivity contribution is 7.11. The molecule has 0 atom stereocenters. The summed E-state index contributed by atoms with van der Waals surface area (Å²) in [5, 5.41) is 4.48. The van der Waals surface area contributed by atoms with E-state index in [4.69, 9.17) is 4.98 Å². The lowest BCUT2D eigenvalue weighted by Crippen LogP contribution is -2.29. The van der Waals surface area contributed by atoms with Crippen molar-refractivity contribution in [3.05, 3.63) is 22.1 Å². The Morgan fingerprint density at radius 3 is 2.90 bits per heavy atom. The number of anilines is 1. The molecule has 20 heavy (non-hydrogen) atoms. The van der Waals surface area contributed by atoms with Crippen molar-refractivity contribution in [3.8, 4) is 11.4 Å². The zero-order valence-corrected chi connectivity index (χ0v) is 12.7. The zero-order valence-electron chi connectivity index (χ0n) is 11.9. The van der Waals surface area contributed by atoms with Crippen LogP contribution in [0.5, 0.6) is 0 Å². The number of hydrogen-bond donors (Lipinski definition) is 1. The minimum atomic E-state index is 0.816. The van der Waals surface area contributed by atoms with Gasteiger partial charge in [0.1, 0.15) is 5.69 Å². The summed E-state index contributed by atoms with van der Waals surface area (Å²) in [7, 11) is 0. The van der Waals surface area contributed by atoms with Crippen LogP contribution in [0.4, 0.5) is 5.95 Å². The monoisotopic (exact) mass is 289 g/mol. The van der Waals surface area contributed by atoms with Gasteiger partial charge in [0.2, 0.25) is 5.95 Å². The summed E-state index contributed by atoms with van der Waals surface area (Å²) in [5.41, 5.74) is 1.91. The van der Waals surface area contributed by atoms with E-state index in [1.165, 1.54) is 4.88 Å². The molecule has 1 saturated heterocycles. The highest BCUT2D eigenvalue weighted by Crippen LogP contribution is 2.26. The van der Waals surface area contributed by atoms with Gasteiger partial charge in [-0.25, -0.2) is 15.0 Å². The molecular weight excluding hydrogens is 270 g/mol. The molecular formula is C14H19N5S. The molecule has 1 aliphatic heterocycles. The number of aromatic nitrogens is 3. The van der Waals surface area contributed by atoms with Crippen LogP contribution in [0.2, 0.25) is 0 Å².